The van der Waals surface area contributed by atoms with Crippen LogP contribution in [-0.4, -0.2) is 22.7 Å². The smallest absolute Gasteiger partial charge is 0.264 e. The molecule has 0 saturated heterocycles. The molecular formula is C17H13Cl2N3O2S2. The summed E-state index contributed by atoms with van der Waals surface area (Å²) in [5.74, 6) is 0.904. The summed E-state index contributed by atoms with van der Waals surface area (Å²) in [5, 5.41) is 12.3. The van der Waals surface area contributed by atoms with Gasteiger partial charge in [0, 0.05) is 15.8 Å². The standard InChI is InChI=1S/C17H13Cl2N3O2S2/c18-13-7-4-8-14(19)12(13)10-25-17-22-21-16(26-17)20-15(23)9-24-11-5-2-1-3-6-11/h1-8H,9-10H2,(H,20,21,23). The monoisotopic (exact) mass is 425 g/mol. The minimum Gasteiger partial charge on any atom is -0.484 e. The van der Waals surface area contributed by atoms with E-state index in [-0.39, 0.29) is 12.5 Å². The van der Waals surface area contributed by atoms with Gasteiger partial charge >= 0.3 is 0 Å². The Hall–Kier alpha value is -1.80. The highest BCUT2D eigenvalue weighted by Gasteiger charge is 2.11. The maximum Gasteiger partial charge on any atom is 0.264 e. The molecule has 1 aromatic heterocycles. The largest absolute Gasteiger partial charge is 0.484 e. The van der Waals surface area contributed by atoms with Crippen molar-refractivity contribution in [3.05, 3.63) is 64.1 Å². The van der Waals surface area contributed by atoms with Crippen LogP contribution in [0, 0.1) is 0 Å². The number of hydrogen-bond donors (Lipinski definition) is 1. The molecule has 9 heteroatoms. The quantitative estimate of drug-likeness (QED) is 0.418. The SMILES string of the molecule is O=C(COc1ccccc1)Nc1nnc(SCc2c(Cl)cccc2Cl)s1. The van der Waals surface area contributed by atoms with Crippen LogP contribution >= 0.6 is 46.3 Å². The molecule has 0 aliphatic heterocycles. The van der Waals surface area contributed by atoms with E-state index in [0.29, 0.717) is 31.0 Å². The second-order valence-electron chi connectivity index (χ2n) is 5.01. The number of halogens is 2. The molecule has 0 saturated carbocycles. The number of carbonyl (C=O) groups is 1. The normalized spacial score (nSPS) is 10.5. The Balaban J connectivity index is 1.50. The molecule has 0 aliphatic carbocycles. The summed E-state index contributed by atoms with van der Waals surface area (Å²) in [6, 6.07) is 14.5. The van der Waals surface area contributed by atoms with Gasteiger partial charge in [-0.25, -0.2) is 0 Å². The third-order valence-electron chi connectivity index (χ3n) is 3.17. The Labute approximate surface area is 168 Å². The second kappa shape index (κ2) is 9.23. The van der Waals surface area contributed by atoms with Crippen molar-refractivity contribution in [2.75, 3.05) is 11.9 Å². The molecule has 1 heterocycles. The van der Waals surface area contributed by atoms with Gasteiger partial charge in [-0.3, -0.25) is 10.1 Å². The number of thioether (sulfide) groups is 1. The average molecular weight is 426 g/mol. The van der Waals surface area contributed by atoms with E-state index < -0.39 is 0 Å². The molecule has 0 atom stereocenters. The van der Waals surface area contributed by atoms with Crippen molar-refractivity contribution in [3.8, 4) is 5.75 Å². The van der Waals surface area contributed by atoms with Gasteiger partial charge < -0.3 is 4.74 Å². The molecule has 1 amide bonds. The Bertz CT molecular complexity index is 870. The lowest BCUT2D eigenvalue weighted by molar-refractivity contribution is -0.118. The molecule has 0 spiro atoms. The summed E-state index contributed by atoms with van der Waals surface area (Å²) in [6.45, 7) is -0.0959. The highest BCUT2D eigenvalue weighted by Crippen LogP contribution is 2.33. The van der Waals surface area contributed by atoms with Crippen LogP contribution in [0.25, 0.3) is 0 Å². The van der Waals surface area contributed by atoms with Crippen molar-refractivity contribution in [2.45, 2.75) is 10.1 Å². The van der Waals surface area contributed by atoms with Gasteiger partial charge in [-0.1, -0.05) is 70.6 Å². The van der Waals surface area contributed by atoms with E-state index in [1.807, 2.05) is 18.2 Å². The first-order chi connectivity index (χ1) is 12.6. The molecule has 2 aromatic carbocycles. The number of amides is 1. The minimum atomic E-state index is -0.296. The van der Waals surface area contributed by atoms with Gasteiger partial charge in [0.2, 0.25) is 5.13 Å². The molecule has 0 aliphatic rings. The number of nitrogens with zero attached hydrogens (tertiary/aromatic N) is 2. The lowest BCUT2D eigenvalue weighted by Gasteiger charge is -2.05. The van der Waals surface area contributed by atoms with Crippen molar-refractivity contribution >= 4 is 57.3 Å². The van der Waals surface area contributed by atoms with E-state index >= 15 is 0 Å². The maximum atomic E-state index is 11.9. The van der Waals surface area contributed by atoms with Crippen molar-refractivity contribution in [3.63, 3.8) is 0 Å². The van der Waals surface area contributed by atoms with Crippen molar-refractivity contribution in [2.24, 2.45) is 0 Å². The molecule has 0 unspecified atom stereocenters. The van der Waals surface area contributed by atoms with Crippen LogP contribution in [0.1, 0.15) is 5.56 Å². The summed E-state index contributed by atoms with van der Waals surface area (Å²) in [5.41, 5.74) is 0.845. The number of carbonyl (C=O) groups excluding carboxylic acids is 1. The molecule has 0 bridgehead atoms. The zero-order chi connectivity index (χ0) is 18.4. The van der Waals surface area contributed by atoms with E-state index in [1.54, 1.807) is 30.3 Å². The number of hydrogen-bond acceptors (Lipinski definition) is 6. The Morgan fingerprint density at radius 3 is 2.54 bits per heavy atom. The third-order valence-corrected chi connectivity index (χ3v) is 5.87. The highest BCUT2D eigenvalue weighted by atomic mass is 35.5. The lowest BCUT2D eigenvalue weighted by atomic mass is 10.2. The summed E-state index contributed by atoms with van der Waals surface area (Å²) in [7, 11) is 0. The van der Waals surface area contributed by atoms with Gasteiger partial charge in [-0.15, -0.1) is 10.2 Å². The van der Waals surface area contributed by atoms with E-state index in [2.05, 4.69) is 15.5 Å². The molecule has 3 aromatic rings. The van der Waals surface area contributed by atoms with Gasteiger partial charge in [0.25, 0.3) is 5.91 Å². The van der Waals surface area contributed by atoms with Crippen LogP contribution in [0.5, 0.6) is 5.75 Å². The summed E-state index contributed by atoms with van der Waals surface area (Å²) >= 11 is 15.0. The molecule has 134 valence electrons. The van der Waals surface area contributed by atoms with Gasteiger partial charge in [-0.2, -0.15) is 0 Å². The molecule has 0 fully saturated rings. The molecule has 3 rings (SSSR count). The van der Waals surface area contributed by atoms with Crippen molar-refractivity contribution in [1.82, 2.24) is 10.2 Å². The average Bonchev–Trinajstić information content (AvgIpc) is 3.08. The summed E-state index contributed by atoms with van der Waals surface area (Å²) in [6.07, 6.45) is 0. The molecule has 5 nitrogen and oxygen atoms in total. The zero-order valence-corrected chi connectivity index (χ0v) is 16.5. The first-order valence-electron chi connectivity index (χ1n) is 7.48. The number of rotatable bonds is 7. The Kier molecular flexibility index (Phi) is 6.73. The highest BCUT2D eigenvalue weighted by molar-refractivity contribution is 8.00. The molecule has 0 radical (unpaired) electrons. The Morgan fingerprint density at radius 2 is 1.81 bits per heavy atom. The van der Waals surface area contributed by atoms with E-state index in [4.69, 9.17) is 27.9 Å². The molecular weight excluding hydrogens is 413 g/mol. The van der Waals surface area contributed by atoms with Crippen LogP contribution in [0.2, 0.25) is 10.0 Å². The summed E-state index contributed by atoms with van der Waals surface area (Å²) in [4.78, 5) is 11.9. The van der Waals surface area contributed by atoms with Crippen LogP contribution < -0.4 is 10.1 Å². The van der Waals surface area contributed by atoms with E-state index in [9.17, 15) is 4.79 Å². The van der Waals surface area contributed by atoms with E-state index in [1.165, 1.54) is 23.1 Å². The zero-order valence-electron chi connectivity index (χ0n) is 13.3. The fourth-order valence-corrected chi connectivity index (χ4v) is 4.45. The number of nitrogens with one attached hydrogen (secondary N) is 1. The van der Waals surface area contributed by atoms with Crippen molar-refractivity contribution < 1.29 is 9.53 Å². The van der Waals surface area contributed by atoms with Crippen LogP contribution in [-0.2, 0) is 10.5 Å². The number of anilines is 1. The second-order valence-corrected chi connectivity index (χ2v) is 8.03. The van der Waals surface area contributed by atoms with Gasteiger partial charge in [0.05, 0.1) is 0 Å². The van der Waals surface area contributed by atoms with E-state index in [0.717, 1.165) is 5.56 Å². The third kappa shape index (κ3) is 5.35. The number of ether oxygens (including phenoxy) is 1. The number of para-hydroxylation sites is 1. The topological polar surface area (TPSA) is 64.1 Å². The van der Waals surface area contributed by atoms with Gasteiger partial charge in [-0.05, 0) is 29.8 Å². The number of benzene rings is 2. The van der Waals surface area contributed by atoms with Gasteiger partial charge in [0.15, 0.2) is 10.9 Å². The van der Waals surface area contributed by atoms with Crippen LogP contribution in [0.3, 0.4) is 0 Å². The van der Waals surface area contributed by atoms with Crippen molar-refractivity contribution in [1.29, 1.82) is 0 Å². The lowest BCUT2D eigenvalue weighted by Crippen LogP contribution is -2.20. The first-order valence-corrected chi connectivity index (χ1v) is 10.0. The van der Waals surface area contributed by atoms with Crippen LogP contribution in [0.15, 0.2) is 52.9 Å². The molecule has 26 heavy (non-hydrogen) atoms. The predicted octanol–water partition coefficient (Wildman–Crippen LogP) is 5.15. The maximum absolute atomic E-state index is 11.9. The van der Waals surface area contributed by atoms with Crippen LogP contribution in [0.4, 0.5) is 5.13 Å². The minimum absolute atomic E-state index is 0.0959. The first kappa shape index (κ1) is 19.0. The summed E-state index contributed by atoms with van der Waals surface area (Å²) < 4.78 is 6.10. The predicted molar refractivity (Wildman–Crippen MR) is 106 cm³/mol. The Morgan fingerprint density at radius 1 is 1.08 bits per heavy atom. The fraction of sp³-hybridized carbons (Fsp3) is 0.118. The van der Waals surface area contributed by atoms with Gasteiger partial charge in [0.1, 0.15) is 5.75 Å². The molecule has 1 N–H and O–H groups in total. The number of aromatic nitrogens is 2. The fourth-order valence-electron chi connectivity index (χ4n) is 1.94.